The van der Waals surface area contributed by atoms with Crippen molar-refractivity contribution >= 4 is 0 Å². The molecule has 1 nitrogen and oxygen atoms in total. The molecule has 0 saturated heterocycles. The molecule has 0 aliphatic heterocycles. The van der Waals surface area contributed by atoms with E-state index >= 15 is 0 Å². The van der Waals surface area contributed by atoms with Gasteiger partial charge in [-0.3, -0.25) is 0 Å². The molecule has 0 spiro atoms. The summed E-state index contributed by atoms with van der Waals surface area (Å²) >= 11 is 0. The highest BCUT2D eigenvalue weighted by Gasteiger charge is 2.12. The van der Waals surface area contributed by atoms with Gasteiger partial charge in [0.25, 0.3) is 0 Å². The lowest BCUT2D eigenvalue weighted by Gasteiger charge is -2.19. The highest BCUT2D eigenvalue weighted by molar-refractivity contribution is 5.23. The molecule has 0 fully saturated rings. The quantitative estimate of drug-likeness (QED) is 0.660. The molecule has 0 aliphatic rings. The van der Waals surface area contributed by atoms with Crippen molar-refractivity contribution in [3.8, 4) is 0 Å². The van der Waals surface area contributed by atoms with E-state index in [1.54, 1.807) is 0 Å². The lowest BCUT2D eigenvalue weighted by atomic mass is 9.88. The third-order valence-corrected chi connectivity index (χ3v) is 2.99. The maximum absolute atomic E-state index is 5.78. The molecule has 108 valence electrons. The van der Waals surface area contributed by atoms with Crippen molar-refractivity contribution in [1.82, 2.24) is 0 Å². The summed E-state index contributed by atoms with van der Waals surface area (Å²) in [5.41, 5.74) is 3.39. The van der Waals surface area contributed by atoms with E-state index in [1.165, 1.54) is 11.1 Å². The van der Waals surface area contributed by atoms with Gasteiger partial charge in [-0.2, -0.15) is 0 Å². The predicted molar refractivity (Wildman–Crippen MR) is 83.3 cm³/mol. The second-order valence-electron chi connectivity index (χ2n) is 7.92. The fourth-order valence-electron chi connectivity index (χ4n) is 2.01. The summed E-state index contributed by atoms with van der Waals surface area (Å²) in [6.07, 6.45) is 2.22. The zero-order valence-electron chi connectivity index (χ0n) is 13.5. The second-order valence-corrected chi connectivity index (χ2v) is 7.92. The minimum absolute atomic E-state index is 0.339. The lowest BCUT2D eigenvalue weighted by Crippen LogP contribution is -2.10. The van der Waals surface area contributed by atoms with Crippen LogP contribution in [0.2, 0.25) is 0 Å². The van der Waals surface area contributed by atoms with Crippen LogP contribution in [0.5, 0.6) is 0 Å². The van der Waals surface area contributed by atoms with E-state index in [9.17, 15) is 0 Å². The number of hydrogen-bond acceptors (Lipinski definition) is 1. The summed E-state index contributed by atoms with van der Waals surface area (Å²) < 4.78 is 5.78. The summed E-state index contributed by atoms with van der Waals surface area (Å²) in [6, 6.07) is 8.79. The van der Waals surface area contributed by atoms with Crippen LogP contribution in [0.1, 0.15) is 59.1 Å². The first kappa shape index (κ1) is 16.2. The van der Waals surface area contributed by atoms with Crippen molar-refractivity contribution < 1.29 is 4.74 Å². The van der Waals surface area contributed by atoms with Crippen molar-refractivity contribution in [2.75, 3.05) is 6.61 Å². The van der Waals surface area contributed by atoms with Crippen LogP contribution in [0.15, 0.2) is 24.3 Å². The van der Waals surface area contributed by atoms with Crippen LogP contribution in [-0.4, -0.2) is 6.61 Å². The summed E-state index contributed by atoms with van der Waals surface area (Å²) in [7, 11) is 0. The molecule has 19 heavy (non-hydrogen) atoms. The average Bonchev–Trinajstić information content (AvgIpc) is 2.21. The molecule has 0 aromatic heterocycles. The van der Waals surface area contributed by atoms with E-state index in [1.807, 2.05) is 0 Å². The zero-order chi connectivity index (χ0) is 14.5. The molecule has 0 heterocycles. The molecule has 0 amide bonds. The Bertz CT molecular complexity index is 379. The van der Waals surface area contributed by atoms with Gasteiger partial charge in [0.05, 0.1) is 6.61 Å². The molecule has 1 aromatic carbocycles. The number of rotatable bonds is 5. The van der Waals surface area contributed by atoms with E-state index < -0.39 is 0 Å². The van der Waals surface area contributed by atoms with Gasteiger partial charge in [-0.1, -0.05) is 65.8 Å². The highest BCUT2D eigenvalue weighted by Crippen LogP contribution is 2.22. The minimum Gasteiger partial charge on any atom is -0.377 e. The second kappa shape index (κ2) is 6.56. The van der Waals surface area contributed by atoms with E-state index in [2.05, 4.69) is 65.8 Å². The minimum atomic E-state index is 0.339. The van der Waals surface area contributed by atoms with Gasteiger partial charge in [-0.25, -0.2) is 0 Å². The zero-order valence-corrected chi connectivity index (χ0v) is 13.5. The molecule has 0 radical (unpaired) electrons. The first-order valence-electron chi connectivity index (χ1n) is 7.31. The first-order valence-corrected chi connectivity index (χ1v) is 7.31. The van der Waals surface area contributed by atoms with E-state index in [4.69, 9.17) is 4.74 Å². The van der Waals surface area contributed by atoms with Gasteiger partial charge in [0.2, 0.25) is 0 Å². The summed E-state index contributed by atoms with van der Waals surface area (Å²) in [6.45, 7) is 15.2. The standard InChI is InChI=1S/C18H30O/c1-17(2,3)10-11-19-14-16-9-7-8-15(12-16)13-18(4,5)6/h7-9,12H,10-11,13-14H2,1-6H3. The first-order chi connectivity index (χ1) is 8.66. The van der Waals surface area contributed by atoms with Gasteiger partial charge < -0.3 is 4.74 Å². The molecule has 1 rings (SSSR count). The Morgan fingerprint density at radius 1 is 0.895 bits per heavy atom. The van der Waals surface area contributed by atoms with Crippen molar-refractivity contribution in [3.63, 3.8) is 0 Å². The molecular formula is C18H30O. The van der Waals surface area contributed by atoms with Crippen LogP contribution in [0.4, 0.5) is 0 Å². The van der Waals surface area contributed by atoms with Crippen LogP contribution in [0, 0.1) is 10.8 Å². The highest BCUT2D eigenvalue weighted by atomic mass is 16.5. The summed E-state index contributed by atoms with van der Waals surface area (Å²) in [5.74, 6) is 0. The SMILES string of the molecule is CC(C)(C)CCOCc1cccc(CC(C)(C)C)c1. The largest absolute Gasteiger partial charge is 0.377 e. The Hall–Kier alpha value is -0.820. The lowest BCUT2D eigenvalue weighted by molar-refractivity contribution is 0.0962. The third-order valence-electron chi connectivity index (χ3n) is 2.99. The van der Waals surface area contributed by atoms with Gasteiger partial charge in [0.1, 0.15) is 0 Å². The number of hydrogen-bond donors (Lipinski definition) is 0. The van der Waals surface area contributed by atoms with Crippen molar-refractivity contribution in [1.29, 1.82) is 0 Å². The molecule has 0 atom stereocenters. The van der Waals surface area contributed by atoms with Gasteiger partial charge in [-0.15, -0.1) is 0 Å². The monoisotopic (exact) mass is 262 g/mol. The smallest absolute Gasteiger partial charge is 0.0716 e. The molecule has 0 saturated carbocycles. The van der Waals surface area contributed by atoms with Gasteiger partial charge in [0.15, 0.2) is 0 Å². The van der Waals surface area contributed by atoms with E-state index in [-0.39, 0.29) is 0 Å². The Morgan fingerprint density at radius 3 is 2.11 bits per heavy atom. The molecule has 0 bridgehead atoms. The van der Waals surface area contributed by atoms with Gasteiger partial charge in [-0.05, 0) is 34.8 Å². The Morgan fingerprint density at radius 2 is 1.53 bits per heavy atom. The average molecular weight is 262 g/mol. The third kappa shape index (κ3) is 8.05. The maximum atomic E-state index is 5.78. The van der Waals surface area contributed by atoms with Crippen LogP contribution >= 0.6 is 0 Å². The van der Waals surface area contributed by atoms with Crippen molar-refractivity contribution in [3.05, 3.63) is 35.4 Å². The van der Waals surface area contributed by atoms with Crippen molar-refractivity contribution in [2.24, 2.45) is 10.8 Å². The fourth-order valence-corrected chi connectivity index (χ4v) is 2.01. The van der Waals surface area contributed by atoms with Crippen LogP contribution < -0.4 is 0 Å². The molecule has 0 N–H and O–H groups in total. The van der Waals surface area contributed by atoms with E-state index in [0.29, 0.717) is 10.8 Å². The Kier molecular flexibility index (Phi) is 5.61. The van der Waals surface area contributed by atoms with Crippen LogP contribution in [0.3, 0.4) is 0 Å². The number of benzene rings is 1. The van der Waals surface area contributed by atoms with Crippen molar-refractivity contribution in [2.45, 2.75) is 61.0 Å². The van der Waals surface area contributed by atoms with E-state index in [0.717, 1.165) is 26.1 Å². The molecular weight excluding hydrogens is 232 g/mol. The molecule has 0 unspecified atom stereocenters. The van der Waals surface area contributed by atoms with Crippen LogP contribution in [-0.2, 0) is 17.8 Å². The normalized spacial score (nSPS) is 12.7. The summed E-state index contributed by atoms with van der Waals surface area (Å²) in [5, 5.41) is 0. The molecule has 1 aromatic rings. The van der Waals surface area contributed by atoms with Crippen LogP contribution in [0.25, 0.3) is 0 Å². The molecule has 0 aliphatic carbocycles. The Balaban J connectivity index is 2.44. The molecule has 1 heteroatoms. The Labute approximate surface area is 119 Å². The summed E-state index contributed by atoms with van der Waals surface area (Å²) in [4.78, 5) is 0. The van der Waals surface area contributed by atoms with Gasteiger partial charge in [0, 0.05) is 6.61 Å². The van der Waals surface area contributed by atoms with Gasteiger partial charge >= 0.3 is 0 Å². The fraction of sp³-hybridized carbons (Fsp3) is 0.667. The number of ether oxygens (including phenoxy) is 1. The predicted octanol–water partition coefficient (Wildman–Crippen LogP) is 5.23. The maximum Gasteiger partial charge on any atom is 0.0716 e. The topological polar surface area (TPSA) is 9.23 Å².